The summed E-state index contributed by atoms with van der Waals surface area (Å²) in [6, 6.07) is 5.27. The van der Waals surface area contributed by atoms with Gasteiger partial charge < -0.3 is 5.32 Å². The molecule has 2 amide bonds. The van der Waals surface area contributed by atoms with Crippen LogP contribution in [0.5, 0.6) is 0 Å². The van der Waals surface area contributed by atoms with E-state index in [2.05, 4.69) is 20.8 Å². The molecule has 1 aromatic rings. The van der Waals surface area contributed by atoms with E-state index in [1.54, 1.807) is 24.4 Å². The van der Waals surface area contributed by atoms with Gasteiger partial charge in [-0.2, -0.15) is 5.10 Å². The number of carbonyl (C=O) groups excluding carboxylic acids is 2. The van der Waals surface area contributed by atoms with Crippen molar-refractivity contribution in [2.45, 2.75) is 0 Å². The highest BCUT2D eigenvalue weighted by atomic mass is 16.2. The number of hydrogen-bond acceptors (Lipinski definition) is 4. The Kier molecular flexibility index (Phi) is 3.96. The zero-order valence-electron chi connectivity index (χ0n) is 8.10. The molecular formula is C9H10N4O2. The van der Waals surface area contributed by atoms with Crippen LogP contribution in [-0.4, -0.2) is 30.1 Å². The molecule has 6 nitrogen and oxygen atoms in total. The normalized spacial score (nSPS) is 9.93. The Morgan fingerprint density at radius 2 is 2.20 bits per heavy atom. The first-order valence-corrected chi connectivity index (χ1v) is 4.20. The molecule has 0 saturated carbocycles. The number of hydrazone groups is 1. The maximum atomic E-state index is 10.9. The number of pyridine rings is 1. The van der Waals surface area contributed by atoms with E-state index in [0.29, 0.717) is 5.69 Å². The molecule has 1 aromatic heterocycles. The van der Waals surface area contributed by atoms with Gasteiger partial charge >= 0.3 is 11.8 Å². The van der Waals surface area contributed by atoms with Crippen LogP contribution in [0.15, 0.2) is 29.5 Å². The second kappa shape index (κ2) is 5.48. The molecule has 1 rings (SSSR count). The number of nitrogens with one attached hydrogen (secondary N) is 2. The number of hydrogen-bond donors (Lipinski definition) is 2. The summed E-state index contributed by atoms with van der Waals surface area (Å²) in [5.74, 6) is -1.56. The van der Waals surface area contributed by atoms with Gasteiger partial charge in [0.15, 0.2) is 0 Å². The maximum absolute atomic E-state index is 10.9. The molecule has 0 radical (unpaired) electrons. The number of amides is 2. The Balaban J connectivity index is 2.47. The first-order chi connectivity index (χ1) is 7.24. The van der Waals surface area contributed by atoms with Crippen molar-refractivity contribution in [3.63, 3.8) is 0 Å². The Morgan fingerprint density at radius 1 is 1.40 bits per heavy atom. The molecule has 0 aromatic carbocycles. The molecule has 0 saturated heterocycles. The smallest absolute Gasteiger partial charge is 0.329 e. The fraction of sp³-hybridized carbons (Fsp3) is 0.111. The number of rotatable bonds is 2. The Bertz CT molecular complexity index is 375. The van der Waals surface area contributed by atoms with Crippen LogP contribution < -0.4 is 10.7 Å². The van der Waals surface area contributed by atoms with E-state index < -0.39 is 11.8 Å². The topological polar surface area (TPSA) is 83.5 Å². The molecule has 0 aliphatic rings. The summed E-state index contributed by atoms with van der Waals surface area (Å²) in [6.45, 7) is 0. The third-order valence-corrected chi connectivity index (χ3v) is 1.48. The van der Waals surface area contributed by atoms with Crippen LogP contribution in [0.25, 0.3) is 0 Å². The Labute approximate surface area is 86.4 Å². The van der Waals surface area contributed by atoms with Gasteiger partial charge in [-0.1, -0.05) is 6.07 Å². The largest absolute Gasteiger partial charge is 0.351 e. The summed E-state index contributed by atoms with van der Waals surface area (Å²) in [5.41, 5.74) is 2.65. The molecule has 1 heterocycles. The molecule has 0 unspecified atom stereocenters. The molecule has 15 heavy (non-hydrogen) atoms. The van der Waals surface area contributed by atoms with Crippen LogP contribution in [0.4, 0.5) is 0 Å². The number of aromatic nitrogens is 1. The van der Waals surface area contributed by atoms with E-state index in [0.717, 1.165) is 0 Å². The van der Waals surface area contributed by atoms with Crippen LogP contribution in [0.2, 0.25) is 0 Å². The molecule has 78 valence electrons. The zero-order valence-corrected chi connectivity index (χ0v) is 8.10. The molecule has 0 atom stereocenters. The summed E-state index contributed by atoms with van der Waals surface area (Å²) in [6.07, 6.45) is 2.95. The van der Waals surface area contributed by atoms with Crippen LogP contribution in [0, 0.1) is 0 Å². The van der Waals surface area contributed by atoms with E-state index in [9.17, 15) is 9.59 Å². The summed E-state index contributed by atoms with van der Waals surface area (Å²) < 4.78 is 0. The SMILES string of the molecule is CNC(=O)C(=O)N/N=C\c1ccccn1. The second-order valence-electron chi connectivity index (χ2n) is 2.53. The summed E-state index contributed by atoms with van der Waals surface area (Å²) in [5, 5.41) is 5.74. The van der Waals surface area contributed by atoms with Crippen LogP contribution in [0.3, 0.4) is 0 Å². The maximum Gasteiger partial charge on any atom is 0.329 e. The zero-order chi connectivity index (χ0) is 11.1. The Morgan fingerprint density at radius 3 is 2.80 bits per heavy atom. The third-order valence-electron chi connectivity index (χ3n) is 1.48. The lowest BCUT2D eigenvalue weighted by atomic mass is 10.4. The van der Waals surface area contributed by atoms with Gasteiger partial charge in [0.25, 0.3) is 0 Å². The number of likely N-dealkylation sites (N-methyl/N-ethyl adjacent to an activating group) is 1. The van der Waals surface area contributed by atoms with Crippen LogP contribution in [0.1, 0.15) is 5.69 Å². The van der Waals surface area contributed by atoms with Crippen molar-refractivity contribution >= 4 is 18.0 Å². The molecule has 0 aliphatic carbocycles. The Hall–Kier alpha value is -2.24. The first kappa shape index (κ1) is 10.8. The lowest BCUT2D eigenvalue weighted by Gasteiger charge is -1.96. The molecule has 0 aliphatic heterocycles. The van der Waals surface area contributed by atoms with Gasteiger partial charge in [0.1, 0.15) is 0 Å². The molecule has 0 spiro atoms. The fourth-order valence-corrected chi connectivity index (χ4v) is 0.774. The summed E-state index contributed by atoms with van der Waals surface area (Å²) in [7, 11) is 1.37. The van der Waals surface area contributed by atoms with Gasteiger partial charge in [0.05, 0.1) is 11.9 Å². The first-order valence-electron chi connectivity index (χ1n) is 4.20. The van der Waals surface area contributed by atoms with Gasteiger partial charge in [-0.25, -0.2) is 5.43 Å². The molecule has 6 heteroatoms. The number of nitrogens with zero attached hydrogens (tertiary/aromatic N) is 2. The molecule has 2 N–H and O–H groups in total. The average Bonchev–Trinajstić information content (AvgIpc) is 2.29. The molecule has 0 bridgehead atoms. The second-order valence-corrected chi connectivity index (χ2v) is 2.53. The van der Waals surface area contributed by atoms with Crippen molar-refractivity contribution in [2.75, 3.05) is 7.05 Å². The van der Waals surface area contributed by atoms with Crippen molar-refractivity contribution in [1.29, 1.82) is 0 Å². The summed E-state index contributed by atoms with van der Waals surface area (Å²) in [4.78, 5) is 25.6. The third kappa shape index (κ3) is 3.55. The van der Waals surface area contributed by atoms with Gasteiger partial charge in [-0.05, 0) is 12.1 Å². The minimum atomic E-state index is -0.815. The van der Waals surface area contributed by atoms with E-state index in [1.165, 1.54) is 13.3 Å². The lowest BCUT2D eigenvalue weighted by molar-refractivity contribution is -0.138. The predicted molar refractivity (Wildman–Crippen MR) is 54.0 cm³/mol. The fourth-order valence-electron chi connectivity index (χ4n) is 0.774. The van der Waals surface area contributed by atoms with Gasteiger partial charge in [0.2, 0.25) is 0 Å². The number of carbonyl (C=O) groups is 2. The van der Waals surface area contributed by atoms with Crippen molar-refractivity contribution in [3.05, 3.63) is 30.1 Å². The quantitative estimate of drug-likeness (QED) is 0.380. The molecular weight excluding hydrogens is 196 g/mol. The minimum absolute atomic E-state index is 0.592. The average molecular weight is 206 g/mol. The monoisotopic (exact) mass is 206 g/mol. The highest BCUT2D eigenvalue weighted by Gasteiger charge is 2.08. The van der Waals surface area contributed by atoms with Crippen molar-refractivity contribution in [2.24, 2.45) is 5.10 Å². The van der Waals surface area contributed by atoms with E-state index >= 15 is 0 Å². The predicted octanol–water partition coefficient (Wildman–Crippen LogP) is -0.722. The van der Waals surface area contributed by atoms with E-state index in [4.69, 9.17) is 0 Å². The van der Waals surface area contributed by atoms with E-state index in [-0.39, 0.29) is 0 Å². The minimum Gasteiger partial charge on any atom is -0.351 e. The lowest BCUT2D eigenvalue weighted by Crippen LogP contribution is -2.35. The van der Waals surface area contributed by atoms with Crippen molar-refractivity contribution < 1.29 is 9.59 Å². The van der Waals surface area contributed by atoms with Crippen LogP contribution in [-0.2, 0) is 9.59 Å². The van der Waals surface area contributed by atoms with Crippen molar-refractivity contribution in [1.82, 2.24) is 15.7 Å². The van der Waals surface area contributed by atoms with Crippen molar-refractivity contribution in [3.8, 4) is 0 Å². The van der Waals surface area contributed by atoms with E-state index in [1.807, 2.05) is 0 Å². The van der Waals surface area contributed by atoms with Crippen LogP contribution >= 0.6 is 0 Å². The molecule has 0 fully saturated rings. The highest BCUT2D eigenvalue weighted by Crippen LogP contribution is 1.87. The summed E-state index contributed by atoms with van der Waals surface area (Å²) >= 11 is 0. The van der Waals surface area contributed by atoms with Gasteiger partial charge in [0, 0.05) is 13.2 Å². The van der Waals surface area contributed by atoms with Gasteiger partial charge in [-0.15, -0.1) is 0 Å². The highest BCUT2D eigenvalue weighted by molar-refractivity contribution is 6.34. The van der Waals surface area contributed by atoms with Gasteiger partial charge in [-0.3, -0.25) is 14.6 Å². The standard InChI is InChI=1S/C9H10N4O2/c1-10-8(14)9(15)13-12-6-7-4-2-3-5-11-7/h2-6H,1H3,(H,10,14)(H,13,15)/b12-6-.